The maximum absolute atomic E-state index is 4.44. The van der Waals surface area contributed by atoms with Gasteiger partial charge in [-0.3, -0.25) is 9.58 Å². The Morgan fingerprint density at radius 2 is 2.26 bits per heavy atom. The van der Waals surface area contributed by atoms with Gasteiger partial charge in [0, 0.05) is 24.8 Å². The third kappa shape index (κ3) is 3.80. The largest absolute Gasteiger partial charge is 0.317 e. The molecular formula is C15H28N4. The Labute approximate surface area is 117 Å². The molecule has 108 valence electrons. The van der Waals surface area contributed by atoms with Crippen LogP contribution in [0.2, 0.25) is 0 Å². The molecule has 1 atom stereocenters. The summed E-state index contributed by atoms with van der Waals surface area (Å²) >= 11 is 0. The summed E-state index contributed by atoms with van der Waals surface area (Å²) < 4.78 is 2.15. The summed E-state index contributed by atoms with van der Waals surface area (Å²) in [4.78, 5) is 2.61. The fourth-order valence-corrected chi connectivity index (χ4v) is 3.00. The predicted molar refractivity (Wildman–Crippen MR) is 79.2 cm³/mol. The maximum atomic E-state index is 4.44. The van der Waals surface area contributed by atoms with E-state index in [-0.39, 0.29) is 0 Å². The molecule has 0 amide bonds. The van der Waals surface area contributed by atoms with Crippen LogP contribution in [-0.2, 0) is 6.54 Å². The average molecular weight is 264 g/mol. The second-order valence-electron chi connectivity index (χ2n) is 5.76. The lowest BCUT2D eigenvalue weighted by Crippen LogP contribution is -2.36. The van der Waals surface area contributed by atoms with E-state index in [1.54, 1.807) is 0 Å². The second-order valence-corrected chi connectivity index (χ2v) is 5.76. The van der Waals surface area contributed by atoms with Crippen LogP contribution < -0.4 is 5.32 Å². The van der Waals surface area contributed by atoms with E-state index in [0.29, 0.717) is 6.04 Å². The summed E-state index contributed by atoms with van der Waals surface area (Å²) in [6.45, 7) is 11.1. The lowest BCUT2D eigenvalue weighted by atomic mass is 10.1. The van der Waals surface area contributed by atoms with E-state index in [1.807, 2.05) is 6.20 Å². The SMILES string of the molecule is CCN(Cc1ccnn1C(C)C)C1CCCNCC1. The molecule has 1 N–H and O–H groups in total. The first kappa shape index (κ1) is 14.5. The molecule has 19 heavy (non-hydrogen) atoms. The van der Waals surface area contributed by atoms with Crippen LogP contribution in [0.3, 0.4) is 0 Å². The molecule has 0 spiro atoms. The molecule has 1 saturated heterocycles. The number of rotatable bonds is 5. The van der Waals surface area contributed by atoms with Crippen molar-refractivity contribution < 1.29 is 0 Å². The van der Waals surface area contributed by atoms with Crippen LogP contribution in [0, 0.1) is 0 Å². The minimum atomic E-state index is 0.444. The Bertz CT molecular complexity index is 364. The molecule has 0 radical (unpaired) electrons. The molecule has 1 fully saturated rings. The molecule has 1 aliphatic rings. The minimum absolute atomic E-state index is 0.444. The van der Waals surface area contributed by atoms with Gasteiger partial charge < -0.3 is 5.32 Å². The zero-order valence-corrected chi connectivity index (χ0v) is 12.6. The van der Waals surface area contributed by atoms with Crippen LogP contribution in [0.25, 0.3) is 0 Å². The third-order valence-corrected chi connectivity index (χ3v) is 4.07. The monoisotopic (exact) mass is 264 g/mol. The van der Waals surface area contributed by atoms with E-state index >= 15 is 0 Å². The second kappa shape index (κ2) is 7.06. The Morgan fingerprint density at radius 3 is 3.00 bits per heavy atom. The van der Waals surface area contributed by atoms with Crippen molar-refractivity contribution in [2.24, 2.45) is 0 Å². The maximum Gasteiger partial charge on any atom is 0.0527 e. The van der Waals surface area contributed by atoms with Gasteiger partial charge in [0.2, 0.25) is 0 Å². The van der Waals surface area contributed by atoms with Gasteiger partial charge in [-0.2, -0.15) is 5.10 Å². The van der Waals surface area contributed by atoms with Crippen molar-refractivity contribution in [3.8, 4) is 0 Å². The van der Waals surface area contributed by atoms with Crippen molar-refractivity contribution in [1.29, 1.82) is 0 Å². The van der Waals surface area contributed by atoms with Crippen LogP contribution in [-0.4, -0.2) is 40.4 Å². The predicted octanol–water partition coefficient (Wildman–Crippen LogP) is 2.43. The normalized spacial score (nSPS) is 21.0. The molecule has 2 rings (SSSR count). The molecule has 1 unspecified atom stereocenters. The van der Waals surface area contributed by atoms with Gasteiger partial charge in [-0.1, -0.05) is 6.92 Å². The van der Waals surface area contributed by atoms with Crippen molar-refractivity contribution in [1.82, 2.24) is 20.0 Å². The lowest BCUT2D eigenvalue weighted by molar-refractivity contribution is 0.176. The van der Waals surface area contributed by atoms with Crippen LogP contribution in [0.1, 0.15) is 51.8 Å². The molecule has 0 aromatic carbocycles. The van der Waals surface area contributed by atoms with E-state index in [1.165, 1.54) is 31.5 Å². The number of nitrogens with zero attached hydrogens (tertiary/aromatic N) is 3. The first-order valence-electron chi connectivity index (χ1n) is 7.69. The van der Waals surface area contributed by atoms with Crippen molar-refractivity contribution in [3.05, 3.63) is 18.0 Å². The number of nitrogens with one attached hydrogen (secondary N) is 1. The Morgan fingerprint density at radius 1 is 1.42 bits per heavy atom. The topological polar surface area (TPSA) is 33.1 Å². The van der Waals surface area contributed by atoms with Crippen molar-refractivity contribution in [2.75, 3.05) is 19.6 Å². The molecule has 0 bridgehead atoms. The molecule has 4 nitrogen and oxygen atoms in total. The standard InChI is InChI=1S/C15H28N4/c1-4-18(14-6-5-9-16-10-7-14)12-15-8-11-17-19(15)13(2)3/h8,11,13-14,16H,4-7,9-10,12H2,1-3H3. The van der Waals surface area contributed by atoms with E-state index in [2.05, 4.69) is 46.8 Å². The molecule has 4 heteroatoms. The van der Waals surface area contributed by atoms with Gasteiger partial charge in [-0.05, 0) is 58.8 Å². The highest BCUT2D eigenvalue weighted by Crippen LogP contribution is 2.17. The van der Waals surface area contributed by atoms with E-state index in [4.69, 9.17) is 0 Å². The summed E-state index contributed by atoms with van der Waals surface area (Å²) in [5.41, 5.74) is 1.34. The Kier molecular flexibility index (Phi) is 5.40. The summed E-state index contributed by atoms with van der Waals surface area (Å²) in [5, 5.41) is 7.94. The number of hydrogen-bond acceptors (Lipinski definition) is 3. The molecule has 1 aromatic rings. The highest BCUT2D eigenvalue weighted by Gasteiger charge is 2.20. The lowest BCUT2D eigenvalue weighted by Gasteiger charge is -2.30. The van der Waals surface area contributed by atoms with Crippen LogP contribution >= 0.6 is 0 Å². The quantitative estimate of drug-likeness (QED) is 0.886. The Hall–Kier alpha value is -0.870. The van der Waals surface area contributed by atoms with Crippen molar-refractivity contribution in [2.45, 2.75) is 58.7 Å². The molecule has 1 aromatic heterocycles. The Balaban J connectivity index is 2.03. The zero-order valence-electron chi connectivity index (χ0n) is 12.6. The fourth-order valence-electron chi connectivity index (χ4n) is 3.00. The molecule has 0 saturated carbocycles. The van der Waals surface area contributed by atoms with Crippen LogP contribution in [0.15, 0.2) is 12.3 Å². The fraction of sp³-hybridized carbons (Fsp3) is 0.800. The van der Waals surface area contributed by atoms with E-state index < -0.39 is 0 Å². The molecular weight excluding hydrogens is 236 g/mol. The third-order valence-electron chi connectivity index (χ3n) is 4.07. The van der Waals surface area contributed by atoms with Gasteiger partial charge in [0.1, 0.15) is 0 Å². The van der Waals surface area contributed by atoms with Gasteiger partial charge in [-0.25, -0.2) is 0 Å². The smallest absolute Gasteiger partial charge is 0.0527 e. The van der Waals surface area contributed by atoms with Gasteiger partial charge >= 0.3 is 0 Å². The number of hydrogen-bond donors (Lipinski definition) is 1. The number of aromatic nitrogens is 2. The van der Waals surface area contributed by atoms with E-state index in [9.17, 15) is 0 Å². The minimum Gasteiger partial charge on any atom is -0.317 e. The summed E-state index contributed by atoms with van der Waals surface area (Å²) in [5.74, 6) is 0. The van der Waals surface area contributed by atoms with Crippen molar-refractivity contribution in [3.63, 3.8) is 0 Å². The average Bonchev–Trinajstić information content (AvgIpc) is 2.69. The van der Waals surface area contributed by atoms with Gasteiger partial charge in [0.25, 0.3) is 0 Å². The first-order valence-corrected chi connectivity index (χ1v) is 7.69. The van der Waals surface area contributed by atoms with Gasteiger partial charge in [0.15, 0.2) is 0 Å². The van der Waals surface area contributed by atoms with Crippen LogP contribution in [0.5, 0.6) is 0 Å². The highest BCUT2D eigenvalue weighted by molar-refractivity contribution is 5.02. The van der Waals surface area contributed by atoms with Gasteiger partial charge in [0.05, 0.1) is 5.69 Å². The molecule has 0 aliphatic carbocycles. The van der Waals surface area contributed by atoms with E-state index in [0.717, 1.165) is 25.7 Å². The van der Waals surface area contributed by atoms with Crippen molar-refractivity contribution >= 4 is 0 Å². The summed E-state index contributed by atoms with van der Waals surface area (Å²) in [6, 6.07) is 3.33. The van der Waals surface area contributed by atoms with Gasteiger partial charge in [-0.15, -0.1) is 0 Å². The molecule has 2 heterocycles. The zero-order chi connectivity index (χ0) is 13.7. The summed E-state index contributed by atoms with van der Waals surface area (Å²) in [6.07, 6.45) is 5.81. The summed E-state index contributed by atoms with van der Waals surface area (Å²) in [7, 11) is 0. The highest BCUT2D eigenvalue weighted by atomic mass is 15.3. The first-order chi connectivity index (χ1) is 9.22. The molecule has 1 aliphatic heterocycles. The van der Waals surface area contributed by atoms with Crippen LogP contribution in [0.4, 0.5) is 0 Å².